The summed E-state index contributed by atoms with van der Waals surface area (Å²) in [6.07, 6.45) is 3.02. The normalized spacial score (nSPS) is 17.4. The number of benzene rings is 3. The maximum absolute atomic E-state index is 14.3. The molecule has 0 saturated carbocycles. The number of piperidine rings is 1. The zero-order valence-electron chi connectivity index (χ0n) is 31.6. The van der Waals surface area contributed by atoms with Crippen molar-refractivity contribution in [1.29, 1.82) is 0 Å². The third-order valence-corrected chi connectivity index (χ3v) is 10.1. The van der Waals surface area contributed by atoms with Crippen LogP contribution in [0.4, 0.5) is 0 Å². The lowest BCUT2D eigenvalue weighted by atomic mass is 9.91. The number of ether oxygens (including phenoxy) is 7. The molecule has 2 aliphatic rings. The molecule has 1 unspecified atom stereocenters. The van der Waals surface area contributed by atoms with Gasteiger partial charge in [0.15, 0.2) is 23.0 Å². The second kappa shape index (κ2) is 19.4. The highest BCUT2D eigenvalue weighted by molar-refractivity contribution is 5.89. The lowest BCUT2D eigenvalue weighted by Gasteiger charge is -2.37. The first kappa shape index (κ1) is 39.5. The summed E-state index contributed by atoms with van der Waals surface area (Å²) in [6, 6.07) is 16.1. The van der Waals surface area contributed by atoms with Crippen LogP contribution in [0.25, 0.3) is 0 Å². The maximum atomic E-state index is 14.3. The number of carbonyl (C=O) groups excluding carboxylic acids is 2. The molecule has 2 aliphatic heterocycles. The molecule has 12 nitrogen and oxygen atoms in total. The molecule has 3 aromatic rings. The molecule has 0 aliphatic carbocycles. The van der Waals surface area contributed by atoms with E-state index in [9.17, 15) is 14.7 Å². The van der Waals surface area contributed by atoms with E-state index in [2.05, 4.69) is 4.90 Å². The summed E-state index contributed by atoms with van der Waals surface area (Å²) in [6.45, 7) is 6.90. The molecule has 3 aromatic carbocycles. The predicted molar refractivity (Wildman–Crippen MR) is 199 cm³/mol. The number of phenolic OH excluding ortho intramolecular Hbond substituents is 1. The first-order valence-electron chi connectivity index (χ1n) is 18.5. The predicted octanol–water partition coefficient (Wildman–Crippen LogP) is 5.93. The average Bonchev–Trinajstić information content (AvgIpc) is 3.20. The van der Waals surface area contributed by atoms with Gasteiger partial charge in [-0.3, -0.25) is 9.69 Å². The Morgan fingerprint density at radius 1 is 0.849 bits per heavy atom. The van der Waals surface area contributed by atoms with Crippen LogP contribution in [0.3, 0.4) is 0 Å². The van der Waals surface area contributed by atoms with Crippen LogP contribution in [-0.4, -0.2) is 107 Å². The SMILES string of the molecule is CC[C@H](C(=O)N1CCCCC1C(=O)O[C@H](CCc1ccc(OC)c(OC)c1)c1cccc(OCCN2CCOCC2)c1)c1cc(OC)c(O)c(OC)c1. The van der Waals surface area contributed by atoms with Crippen LogP contribution in [0.1, 0.15) is 67.7 Å². The number of carbonyl (C=O) groups is 2. The van der Waals surface area contributed by atoms with Crippen LogP contribution >= 0.6 is 0 Å². The minimum Gasteiger partial charge on any atom is -0.502 e. The Balaban J connectivity index is 1.36. The molecule has 12 heteroatoms. The van der Waals surface area contributed by atoms with Gasteiger partial charge < -0.3 is 43.2 Å². The molecule has 5 rings (SSSR count). The van der Waals surface area contributed by atoms with Gasteiger partial charge in [-0.25, -0.2) is 4.79 Å². The molecule has 2 heterocycles. The van der Waals surface area contributed by atoms with E-state index >= 15 is 0 Å². The number of aryl methyl sites for hydroxylation is 1. The number of phenols is 1. The Morgan fingerprint density at radius 2 is 1.57 bits per heavy atom. The summed E-state index contributed by atoms with van der Waals surface area (Å²) in [5.74, 6) is 1.05. The Bertz CT molecular complexity index is 1630. The topological polar surface area (TPSA) is 125 Å². The largest absolute Gasteiger partial charge is 0.502 e. The fourth-order valence-corrected chi connectivity index (χ4v) is 7.08. The van der Waals surface area contributed by atoms with Gasteiger partial charge in [0.25, 0.3) is 0 Å². The van der Waals surface area contributed by atoms with Gasteiger partial charge in [-0.1, -0.05) is 25.1 Å². The number of morpholine rings is 1. The van der Waals surface area contributed by atoms with E-state index in [4.69, 9.17) is 33.2 Å². The van der Waals surface area contributed by atoms with Crippen molar-refractivity contribution in [3.05, 3.63) is 71.3 Å². The van der Waals surface area contributed by atoms with Gasteiger partial charge >= 0.3 is 5.97 Å². The summed E-state index contributed by atoms with van der Waals surface area (Å²) < 4.78 is 39.7. The zero-order chi connectivity index (χ0) is 37.7. The number of methoxy groups -OCH3 is 4. The quantitative estimate of drug-likeness (QED) is 0.166. The van der Waals surface area contributed by atoms with Gasteiger partial charge in [0, 0.05) is 26.2 Å². The van der Waals surface area contributed by atoms with Crippen molar-refractivity contribution in [3.8, 4) is 34.5 Å². The van der Waals surface area contributed by atoms with E-state index in [-0.39, 0.29) is 23.2 Å². The van der Waals surface area contributed by atoms with Crippen molar-refractivity contribution in [1.82, 2.24) is 9.80 Å². The van der Waals surface area contributed by atoms with Gasteiger partial charge in [-0.15, -0.1) is 0 Å². The molecule has 53 heavy (non-hydrogen) atoms. The van der Waals surface area contributed by atoms with Crippen LogP contribution in [0.2, 0.25) is 0 Å². The number of esters is 1. The molecule has 288 valence electrons. The minimum atomic E-state index is -0.747. The molecule has 0 spiro atoms. The highest BCUT2D eigenvalue weighted by Crippen LogP contribution is 2.41. The standard InChI is InChI=1S/C41H54N2O10/c1-6-32(30-26-37(49-4)39(44)38(27-30)50-5)40(45)43-17-8-7-12-33(43)41(46)53-34(15-13-28-14-16-35(47-2)36(24-28)48-3)29-10-9-11-31(25-29)52-23-20-42-18-21-51-22-19-42/h9-11,14,16,24-27,32-34,44H,6-8,12-13,15,17-23H2,1-5H3/t32-,33?,34+/m0/s1. The van der Waals surface area contributed by atoms with Crippen molar-refractivity contribution in [2.45, 2.75) is 63.5 Å². The van der Waals surface area contributed by atoms with Crippen LogP contribution < -0.4 is 23.7 Å². The number of nitrogens with zero attached hydrogens (tertiary/aromatic N) is 2. The summed E-state index contributed by atoms with van der Waals surface area (Å²) in [5, 5.41) is 10.5. The van der Waals surface area contributed by atoms with Crippen LogP contribution in [0.15, 0.2) is 54.6 Å². The lowest BCUT2D eigenvalue weighted by Crippen LogP contribution is -2.50. The highest BCUT2D eigenvalue weighted by Gasteiger charge is 2.38. The zero-order valence-corrected chi connectivity index (χ0v) is 31.6. The smallest absolute Gasteiger partial charge is 0.329 e. The second-order valence-electron chi connectivity index (χ2n) is 13.3. The lowest BCUT2D eigenvalue weighted by molar-refractivity contribution is -0.162. The number of likely N-dealkylation sites (tertiary alicyclic amines) is 1. The van der Waals surface area contributed by atoms with E-state index < -0.39 is 24.0 Å². The first-order valence-corrected chi connectivity index (χ1v) is 18.5. The molecule has 1 N–H and O–H groups in total. The molecular weight excluding hydrogens is 680 g/mol. The van der Waals surface area contributed by atoms with Crippen LogP contribution in [0, 0.1) is 0 Å². The molecule has 0 bridgehead atoms. The summed E-state index contributed by atoms with van der Waals surface area (Å²) >= 11 is 0. The fraction of sp³-hybridized carbons (Fsp3) is 0.512. The number of hydrogen-bond acceptors (Lipinski definition) is 11. The molecule has 3 atom stereocenters. The second-order valence-corrected chi connectivity index (χ2v) is 13.3. The minimum absolute atomic E-state index is 0.133. The number of aromatic hydroxyl groups is 1. The van der Waals surface area contributed by atoms with Crippen LogP contribution in [-0.2, 0) is 25.5 Å². The number of amides is 1. The van der Waals surface area contributed by atoms with Gasteiger partial charge in [-0.2, -0.15) is 0 Å². The van der Waals surface area contributed by atoms with E-state index in [1.54, 1.807) is 31.3 Å². The highest BCUT2D eigenvalue weighted by atomic mass is 16.5. The molecule has 1 amide bonds. The average molecular weight is 735 g/mol. The monoisotopic (exact) mass is 734 g/mol. The van der Waals surface area contributed by atoms with Crippen molar-refractivity contribution >= 4 is 11.9 Å². The van der Waals surface area contributed by atoms with Gasteiger partial charge in [0.1, 0.15) is 24.5 Å². The van der Waals surface area contributed by atoms with Crippen molar-refractivity contribution < 1.29 is 47.9 Å². The van der Waals surface area contributed by atoms with Gasteiger partial charge in [0.05, 0.1) is 47.6 Å². The molecular formula is C41H54N2O10. The first-order chi connectivity index (χ1) is 25.8. The summed E-state index contributed by atoms with van der Waals surface area (Å²) in [7, 11) is 6.11. The molecule has 0 aromatic heterocycles. The Kier molecular flexibility index (Phi) is 14.5. The van der Waals surface area contributed by atoms with E-state index in [0.717, 1.165) is 56.8 Å². The Morgan fingerprint density at radius 3 is 2.25 bits per heavy atom. The fourth-order valence-electron chi connectivity index (χ4n) is 7.08. The van der Waals surface area contributed by atoms with Gasteiger partial charge in [0.2, 0.25) is 11.7 Å². The van der Waals surface area contributed by atoms with Gasteiger partial charge in [-0.05, 0) is 91.6 Å². The Hall–Kier alpha value is -4.68. The Labute approximate surface area is 312 Å². The van der Waals surface area contributed by atoms with Crippen molar-refractivity contribution in [2.75, 3.05) is 74.4 Å². The van der Waals surface area contributed by atoms with E-state index in [1.807, 2.05) is 49.4 Å². The third-order valence-electron chi connectivity index (χ3n) is 10.1. The molecule has 0 radical (unpaired) electrons. The number of hydrogen-bond donors (Lipinski definition) is 1. The van der Waals surface area contributed by atoms with E-state index in [0.29, 0.717) is 61.6 Å². The maximum Gasteiger partial charge on any atom is 0.329 e. The number of rotatable bonds is 17. The van der Waals surface area contributed by atoms with Crippen molar-refractivity contribution in [3.63, 3.8) is 0 Å². The molecule has 2 fully saturated rings. The van der Waals surface area contributed by atoms with Crippen LogP contribution in [0.5, 0.6) is 34.5 Å². The third kappa shape index (κ3) is 10.1. The molecule has 2 saturated heterocycles. The van der Waals surface area contributed by atoms with Crippen molar-refractivity contribution in [2.24, 2.45) is 0 Å². The van der Waals surface area contributed by atoms with E-state index in [1.165, 1.54) is 14.2 Å². The summed E-state index contributed by atoms with van der Waals surface area (Å²) in [4.78, 5) is 32.5. The summed E-state index contributed by atoms with van der Waals surface area (Å²) in [5.41, 5.74) is 2.45.